The van der Waals surface area contributed by atoms with E-state index in [4.69, 9.17) is 4.42 Å². The molecule has 172 valence electrons. The second kappa shape index (κ2) is 8.60. The molecule has 5 rings (SSSR count). The van der Waals surface area contributed by atoms with E-state index in [1.165, 1.54) is 32.6 Å². The van der Waals surface area contributed by atoms with Crippen LogP contribution < -0.4 is 22.1 Å². The van der Waals surface area contributed by atoms with Crippen molar-refractivity contribution in [3.05, 3.63) is 102 Å². The number of nitrogens with one attached hydrogen (secondary N) is 1. The summed E-state index contributed by atoms with van der Waals surface area (Å²) < 4.78 is 9.26. The highest BCUT2D eigenvalue weighted by Gasteiger charge is 2.18. The monoisotopic (exact) mass is 477 g/mol. The third kappa shape index (κ3) is 3.86. The summed E-state index contributed by atoms with van der Waals surface area (Å²) in [6.45, 7) is 1.47. The minimum absolute atomic E-state index is 0.0277. The van der Waals surface area contributed by atoms with Gasteiger partial charge in [-0.05, 0) is 42.6 Å². The Morgan fingerprint density at radius 3 is 2.76 bits per heavy atom. The Balaban J connectivity index is 1.53. The third-order valence-corrected chi connectivity index (χ3v) is 6.32. The van der Waals surface area contributed by atoms with Crippen molar-refractivity contribution in [2.24, 2.45) is 0 Å². The second-order valence-corrected chi connectivity index (χ2v) is 8.61. The molecule has 34 heavy (non-hydrogen) atoms. The molecule has 0 aliphatic rings. The van der Waals surface area contributed by atoms with Crippen LogP contribution in [0.15, 0.2) is 72.9 Å². The Morgan fingerprint density at radius 1 is 1.12 bits per heavy atom. The Hall–Kier alpha value is -4.25. The Bertz CT molecular complexity index is 1710. The number of aromatic nitrogens is 4. The van der Waals surface area contributed by atoms with Crippen molar-refractivity contribution in [1.82, 2.24) is 23.8 Å². The van der Waals surface area contributed by atoms with E-state index in [-0.39, 0.29) is 18.6 Å². The number of carbonyl (C=O) groups excluding carboxylic acids is 1. The minimum Gasteiger partial charge on any atom is -0.467 e. The molecule has 5 heterocycles. The van der Waals surface area contributed by atoms with Crippen LogP contribution in [0.25, 0.3) is 15.9 Å². The Morgan fingerprint density at radius 2 is 1.97 bits per heavy atom. The molecule has 0 atom stereocenters. The maximum absolute atomic E-state index is 13.3. The largest absolute Gasteiger partial charge is 0.467 e. The summed E-state index contributed by atoms with van der Waals surface area (Å²) in [7, 11) is 0. The number of carbonyl (C=O) groups is 1. The Labute approximate surface area is 195 Å². The molecule has 0 saturated heterocycles. The summed E-state index contributed by atoms with van der Waals surface area (Å²) >= 11 is 1.18. The van der Waals surface area contributed by atoms with Crippen LogP contribution in [-0.2, 0) is 24.4 Å². The van der Waals surface area contributed by atoms with Crippen LogP contribution >= 0.6 is 11.3 Å². The lowest BCUT2D eigenvalue weighted by Gasteiger charge is -2.13. The van der Waals surface area contributed by atoms with Gasteiger partial charge in [-0.3, -0.25) is 23.4 Å². The average Bonchev–Trinajstić information content (AvgIpc) is 3.50. The number of furan rings is 1. The van der Waals surface area contributed by atoms with Crippen LogP contribution in [0.4, 0.5) is 0 Å². The molecule has 1 N–H and O–H groups in total. The van der Waals surface area contributed by atoms with Crippen molar-refractivity contribution >= 4 is 33.1 Å². The fourth-order valence-electron chi connectivity index (χ4n) is 3.83. The SMILES string of the molecule is Cc1cccc2nc(Cn3c(=O)n(CC(=O)NCc4ccco4)c(=O)c4sccc43)cc(=O)n12. The summed E-state index contributed by atoms with van der Waals surface area (Å²) in [5, 5.41) is 4.34. The molecule has 0 aliphatic carbocycles. The lowest BCUT2D eigenvalue weighted by Crippen LogP contribution is -2.43. The Kier molecular flexibility index (Phi) is 5.46. The van der Waals surface area contributed by atoms with Gasteiger partial charge in [0.2, 0.25) is 5.91 Å². The van der Waals surface area contributed by atoms with E-state index in [0.717, 1.165) is 10.3 Å². The van der Waals surface area contributed by atoms with E-state index < -0.39 is 23.7 Å². The quantitative estimate of drug-likeness (QED) is 0.396. The summed E-state index contributed by atoms with van der Waals surface area (Å²) in [5.41, 5.74) is 0.544. The van der Waals surface area contributed by atoms with E-state index in [9.17, 15) is 19.2 Å². The van der Waals surface area contributed by atoms with Gasteiger partial charge in [-0.2, -0.15) is 0 Å². The van der Waals surface area contributed by atoms with E-state index >= 15 is 0 Å². The number of nitrogens with zero attached hydrogens (tertiary/aromatic N) is 4. The fraction of sp³-hybridized carbons (Fsp3) is 0.174. The molecule has 0 aliphatic heterocycles. The zero-order valence-corrected chi connectivity index (χ0v) is 18.9. The number of amides is 1. The smallest absolute Gasteiger partial charge is 0.332 e. The molecule has 0 fully saturated rings. The number of fused-ring (bicyclic) bond motifs is 2. The van der Waals surface area contributed by atoms with Crippen molar-refractivity contribution in [1.29, 1.82) is 0 Å². The van der Waals surface area contributed by atoms with Gasteiger partial charge in [-0.25, -0.2) is 14.3 Å². The molecule has 0 spiro atoms. The standard InChI is InChI=1S/C23H19N5O5S/c1-14-4-2-6-18-25-15(10-20(30)28(14)18)12-26-17-7-9-34-21(17)22(31)27(23(26)32)13-19(29)24-11-16-5-3-8-33-16/h2-10H,11-13H2,1H3,(H,24,29). The van der Waals surface area contributed by atoms with Gasteiger partial charge >= 0.3 is 5.69 Å². The summed E-state index contributed by atoms with van der Waals surface area (Å²) in [5.74, 6) is 0.0475. The van der Waals surface area contributed by atoms with Crippen LogP contribution in [-0.4, -0.2) is 24.4 Å². The average molecular weight is 478 g/mol. The van der Waals surface area contributed by atoms with Gasteiger partial charge in [-0.1, -0.05) is 6.07 Å². The van der Waals surface area contributed by atoms with Crippen molar-refractivity contribution in [2.45, 2.75) is 26.6 Å². The lowest BCUT2D eigenvalue weighted by molar-refractivity contribution is -0.122. The predicted molar refractivity (Wildman–Crippen MR) is 126 cm³/mol. The number of hydrogen-bond acceptors (Lipinski definition) is 7. The summed E-state index contributed by atoms with van der Waals surface area (Å²) in [6, 6.07) is 11.8. The normalized spacial score (nSPS) is 11.3. The van der Waals surface area contributed by atoms with Crippen molar-refractivity contribution < 1.29 is 9.21 Å². The maximum atomic E-state index is 13.3. The molecule has 5 aromatic rings. The van der Waals surface area contributed by atoms with Crippen LogP contribution in [0.2, 0.25) is 0 Å². The highest BCUT2D eigenvalue weighted by atomic mass is 32.1. The molecule has 1 amide bonds. The predicted octanol–water partition coefficient (Wildman–Crippen LogP) is 1.50. The fourth-order valence-corrected chi connectivity index (χ4v) is 4.67. The molecule has 11 heteroatoms. The number of thiophene rings is 1. The summed E-state index contributed by atoms with van der Waals surface area (Å²) in [6.07, 6.45) is 1.49. The molecular weight excluding hydrogens is 458 g/mol. The number of hydrogen-bond donors (Lipinski definition) is 1. The topological polar surface area (TPSA) is 121 Å². The number of rotatable bonds is 6. The molecule has 0 radical (unpaired) electrons. The van der Waals surface area contributed by atoms with Crippen LogP contribution in [0, 0.1) is 6.92 Å². The molecule has 10 nitrogen and oxygen atoms in total. The minimum atomic E-state index is -0.657. The first-order valence-corrected chi connectivity index (χ1v) is 11.3. The first kappa shape index (κ1) is 21.6. The highest BCUT2D eigenvalue weighted by Crippen LogP contribution is 2.16. The molecular formula is C23H19N5O5S. The van der Waals surface area contributed by atoms with Gasteiger partial charge < -0.3 is 9.73 Å². The van der Waals surface area contributed by atoms with Crippen LogP contribution in [0.5, 0.6) is 0 Å². The van der Waals surface area contributed by atoms with Gasteiger partial charge in [-0.15, -0.1) is 11.3 Å². The molecule has 0 bridgehead atoms. The van der Waals surface area contributed by atoms with Gasteiger partial charge in [0, 0.05) is 11.8 Å². The van der Waals surface area contributed by atoms with E-state index in [1.807, 2.05) is 13.0 Å². The number of aryl methyl sites for hydroxylation is 1. The van der Waals surface area contributed by atoms with Crippen molar-refractivity contribution in [2.75, 3.05) is 0 Å². The molecule has 5 aromatic heterocycles. The van der Waals surface area contributed by atoms with E-state index in [1.54, 1.807) is 35.7 Å². The van der Waals surface area contributed by atoms with Crippen LogP contribution in [0.3, 0.4) is 0 Å². The molecule has 0 unspecified atom stereocenters. The zero-order chi connectivity index (χ0) is 23.8. The van der Waals surface area contributed by atoms with Gasteiger partial charge in [0.15, 0.2) is 0 Å². The summed E-state index contributed by atoms with van der Waals surface area (Å²) in [4.78, 5) is 55.9. The number of pyridine rings is 1. The zero-order valence-electron chi connectivity index (χ0n) is 18.1. The first-order chi connectivity index (χ1) is 16.4. The van der Waals surface area contributed by atoms with E-state index in [0.29, 0.717) is 27.3 Å². The molecule has 0 saturated carbocycles. The van der Waals surface area contributed by atoms with Gasteiger partial charge in [0.05, 0.1) is 30.6 Å². The van der Waals surface area contributed by atoms with E-state index in [2.05, 4.69) is 10.3 Å². The third-order valence-electron chi connectivity index (χ3n) is 5.43. The second-order valence-electron chi connectivity index (χ2n) is 7.70. The van der Waals surface area contributed by atoms with Gasteiger partial charge in [0.1, 0.15) is 22.7 Å². The molecule has 0 aromatic carbocycles. The van der Waals surface area contributed by atoms with Crippen LogP contribution in [0.1, 0.15) is 17.1 Å². The van der Waals surface area contributed by atoms with Crippen molar-refractivity contribution in [3.63, 3.8) is 0 Å². The van der Waals surface area contributed by atoms with Crippen molar-refractivity contribution in [3.8, 4) is 0 Å². The lowest BCUT2D eigenvalue weighted by atomic mass is 10.3. The maximum Gasteiger partial charge on any atom is 0.332 e. The van der Waals surface area contributed by atoms with Gasteiger partial charge in [0.25, 0.3) is 11.1 Å². The first-order valence-electron chi connectivity index (χ1n) is 10.4. The highest BCUT2D eigenvalue weighted by molar-refractivity contribution is 7.17.